The summed E-state index contributed by atoms with van der Waals surface area (Å²) in [5.41, 5.74) is 2.70. The van der Waals surface area contributed by atoms with Crippen LogP contribution < -0.4 is 5.32 Å². The number of oxazole rings is 1. The molecule has 3 aromatic rings. The van der Waals surface area contributed by atoms with Crippen molar-refractivity contribution < 1.29 is 9.21 Å². The topological polar surface area (TPSA) is 55.1 Å². The number of hydrogen-bond donors (Lipinski definition) is 1. The number of fused-ring (bicyclic) bond motifs is 1. The fourth-order valence-electron chi connectivity index (χ4n) is 2.57. The molecule has 3 rings (SSSR count). The number of hydrogen-bond acceptors (Lipinski definition) is 4. The summed E-state index contributed by atoms with van der Waals surface area (Å²) in [7, 11) is 0. The lowest BCUT2D eigenvalue weighted by Gasteiger charge is -2.18. The number of thioether (sulfide) groups is 1. The van der Waals surface area contributed by atoms with E-state index in [1.165, 1.54) is 11.8 Å². The molecule has 4 nitrogen and oxygen atoms in total. The van der Waals surface area contributed by atoms with Gasteiger partial charge in [0.25, 0.3) is 5.22 Å². The van der Waals surface area contributed by atoms with Gasteiger partial charge in [-0.15, -0.1) is 0 Å². The molecule has 1 N–H and O–H groups in total. The minimum Gasteiger partial charge on any atom is -0.431 e. The minimum atomic E-state index is -0.00967. The van der Waals surface area contributed by atoms with Crippen LogP contribution in [0.5, 0.6) is 0 Å². The molecule has 1 atom stereocenters. The second-order valence-electron chi connectivity index (χ2n) is 5.56. The number of carbonyl (C=O) groups is 1. The molecular formula is C19H20N2O2S. The molecule has 1 heterocycles. The van der Waals surface area contributed by atoms with Gasteiger partial charge < -0.3 is 9.73 Å². The molecule has 0 aliphatic heterocycles. The molecule has 0 radical (unpaired) electrons. The van der Waals surface area contributed by atoms with E-state index in [0.29, 0.717) is 11.0 Å². The fourth-order valence-corrected chi connectivity index (χ4v) is 3.22. The molecule has 0 bridgehead atoms. The van der Waals surface area contributed by atoms with Crippen LogP contribution in [0.25, 0.3) is 11.1 Å². The highest BCUT2D eigenvalue weighted by Gasteiger charge is 2.15. The number of amides is 1. The smallest absolute Gasteiger partial charge is 0.257 e. The Morgan fingerprint density at radius 3 is 2.67 bits per heavy atom. The Morgan fingerprint density at radius 2 is 1.92 bits per heavy atom. The maximum atomic E-state index is 12.3. The Balaban J connectivity index is 1.59. The Labute approximate surface area is 145 Å². The fraction of sp³-hybridized carbons (Fsp3) is 0.263. The van der Waals surface area contributed by atoms with Crippen molar-refractivity contribution in [3.05, 3.63) is 60.2 Å². The number of para-hydroxylation sites is 2. The number of nitrogens with zero attached hydrogens (tertiary/aromatic N) is 1. The van der Waals surface area contributed by atoms with Gasteiger partial charge in [0.05, 0.1) is 11.8 Å². The van der Waals surface area contributed by atoms with E-state index in [2.05, 4.69) is 29.4 Å². The predicted molar refractivity (Wildman–Crippen MR) is 97.0 cm³/mol. The molecule has 5 heteroatoms. The van der Waals surface area contributed by atoms with E-state index in [4.69, 9.17) is 4.42 Å². The van der Waals surface area contributed by atoms with E-state index >= 15 is 0 Å². The molecule has 0 fully saturated rings. The number of aromatic nitrogens is 1. The average Bonchev–Trinajstić information content (AvgIpc) is 3.03. The molecule has 1 unspecified atom stereocenters. The van der Waals surface area contributed by atoms with Crippen molar-refractivity contribution in [3.63, 3.8) is 0 Å². The van der Waals surface area contributed by atoms with E-state index in [1.54, 1.807) is 0 Å². The molecule has 0 saturated heterocycles. The van der Waals surface area contributed by atoms with Crippen molar-refractivity contribution in [1.29, 1.82) is 0 Å². The van der Waals surface area contributed by atoms with Crippen LogP contribution in [0.3, 0.4) is 0 Å². The summed E-state index contributed by atoms with van der Waals surface area (Å²) in [5, 5.41) is 3.64. The van der Waals surface area contributed by atoms with Gasteiger partial charge >= 0.3 is 0 Å². The van der Waals surface area contributed by atoms with Crippen LogP contribution >= 0.6 is 11.8 Å². The van der Waals surface area contributed by atoms with Crippen molar-refractivity contribution in [2.75, 3.05) is 5.75 Å². The molecule has 1 aromatic heterocycles. The zero-order valence-corrected chi connectivity index (χ0v) is 14.4. The van der Waals surface area contributed by atoms with Gasteiger partial charge in [-0.3, -0.25) is 4.79 Å². The van der Waals surface area contributed by atoms with Gasteiger partial charge in [-0.05, 0) is 24.1 Å². The first kappa shape index (κ1) is 16.6. The van der Waals surface area contributed by atoms with E-state index in [9.17, 15) is 4.79 Å². The predicted octanol–water partition coefficient (Wildman–Crippen LogP) is 4.58. The van der Waals surface area contributed by atoms with E-state index in [-0.39, 0.29) is 11.9 Å². The Hall–Kier alpha value is -2.27. The van der Waals surface area contributed by atoms with Crippen LogP contribution in [0.2, 0.25) is 0 Å². The summed E-state index contributed by atoms with van der Waals surface area (Å²) in [6.45, 7) is 2.12. The number of rotatable bonds is 7. The van der Waals surface area contributed by atoms with Gasteiger partial charge in [-0.2, -0.15) is 0 Å². The Morgan fingerprint density at radius 1 is 1.17 bits per heavy atom. The number of nitrogens with one attached hydrogen (secondary N) is 1. The highest BCUT2D eigenvalue weighted by molar-refractivity contribution is 7.99. The maximum Gasteiger partial charge on any atom is 0.257 e. The zero-order chi connectivity index (χ0) is 16.8. The summed E-state index contributed by atoms with van der Waals surface area (Å²) < 4.78 is 5.63. The SMILES string of the molecule is CCCC(NC(=O)CSc1nc2ccccc2o1)c1ccccc1. The Kier molecular flexibility index (Phi) is 5.54. The maximum absolute atomic E-state index is 12.3. The first-order valence-electron chi connectivity index (χ1n) is 8.09. The van der Waals surface area contributed by atoms with Crippen molar-refractivity contribution in [2.45, 2.75) is 31.0 Å². The first-order valence-corrected chi connectivity index (χ1v) is 9.07. The average molecular weight is 340 g/mol. The van der Waals surface area contributed by atoms with E-state index in [1.807, 2.05) is 42.5 Å². The molecule has 2 aromatic carbocycles. The summed E-state index contributed by atoms with van der Waals surface area (Å²) in [5.74, 6) is 0.282. The molecule has 0 saturated carbocycles. The first-order chi connectivity index (χ1) is 11.8. The van der Waals surface area contributed by atoms with Crippen LogP contribution in [0.1, 0.15) is 31.4 Å². The standard InChI is InChI=1S/C19H20N2O2S/c1-2-8-15(14-9-4-3-5-10-14)20-18(22)13-24-19-21-16-11-6-7-12-17(16)23-19/h3-7,9-12,15H,2,8,13H2,1H3,(H,20,22). The third kappa shape index (κ3) is 4.17. The van der Waals surface area contributed by atoms with Gasteiger partial charge in [0, 0.05) is 0 Å². The monoisotopic (exact) mass is 340 g/mol. The lowest BCUT2D eigenvalue weighted by Crippen LogP contribution is -2.29. The molecule has 0 aliphatic rings. The third-order valence-electron chi connectivity index (χ3n) is 3.72. The lowest BCUT2D eigenvalue weighted by molar-refractivity contribution is -0.119. The Bertz CT molecular complexity index is 768. The van der Waals surface area contributed by atoms with Gasteiger partial charge in [0.1, 0.15) is 5.52 Å². The van der Waals surface area contributed by atoms with Crippen LogP contribution in [-0.2, 0) is 4.79 Å². The molecule has 24 heavy (non-hydrogen) atoms. The molecular weight excluding hydrogens is 320 g/mol. The summed E-state index contributed by atoms with van der Waals surface area (Å²) >= 11 is 1.32. The van der Waals surface area contributed by atoms with Gasteiger partial charge in [-0.1, -0.05) is 67.6 Å². The van der Waals surface area contributed by atoms with Gasteiger partial charge in [0.15, 0.2) is 5.58 Å². The normalized spacial score (nSPS) is 12.2. The number of carbonyl (C=O) groups excluding carboxylic acids is 1. The molecule has 124 valence electrons. The second kappa shape index (κ2) is 8.02. The van der Waals surface area contributed by atoms with Gasteiger partial charge in [-0.25, -0.2) is 4.98 Å². The largest absolute Gasteiger partial charge is 0.431 e. The van der Waals surface area contributed by atoms with E-state index in [0.717, 1.165) is 29.5 Å². The van der Waals surface area contributed by atoms with Crippen molar-refractivity contribution in [3.8, 4) is 0 Å². The third-order valence-corrected chi connectivity index (χ3v) is 4.54. The van der Waals surface area contributed by atoms with E-state index < -0.39 is 0 Å². The summed E-state index contributed by atoms with van der Waals surface area (Å²) in [6, 6.07) is 17.7. The number of benzene rings is 2. The van der Waals surface area contributed by atoms with Gasteiger partial charge in [0.2, 0.25) is 5.91 Å². The van der Waals surface area contributed by atoms with Crippen LogP contribution in [0.4, 0.5) is 0 Å². The second-order valence-corrected chi connectivity index (χ2v) is 6.48. The molecule has 0 spiro atoms. The summed E-state index contributed by atoms with van der Waals surface area (Å²) in [4.78, 5) is 16.7. The molecule has 1 amide bonds. The minimum absolute atomic E-state index is 0.00967. The van der Waals surface area contributed by atoms with Crippen LogP contribution in [-0.4, -0.2) is 16.6 Å². The quantitative estimate of drug-likeness (QED) is 0.640. The highest BCUT2D eigenvalue weighted by Crippen LogP contribution is 2.23. The van der Waals surface area contributed by atoms with Crippen molar-refractivity contribution in [1.82, 2.24) is 10.3 Å². The summed E-state index contributed by atoms with van der Waals surface area (Å²) in [6.07, 6.45) is 1.93. The zero-order valence-electron chi connectivity index (χ0n) is 13.6. The van der Waals surface area contributed by atoms with Crippen molar-refractivity contribution >= 4 is 28.8 Å². The lowest BCUT2D eigenvalue weighted by atomic mass is 10.0. The van der Waals surface area contributed by atoms with Crippen LogP contribution in [0.15, 0.2) is 64.2 Å². The van der Waals surface area contributed by atoms with Crippen LogP contribution in [0, 0.1) is 0 Å². The highest BCUT2D eigenvalue weighted by atomic mass is 32.2. The molecule has 0 aliphatic carbocycles. The van der Waals surface area contributed by atoms with Crippen molar-refractivity contribution in [2.24, 2.45) is 0 Å².